The maximum atomic E-state index is 11.4. The minimum atomic E-state index is 0.0244. The highest BCUT2D eigenvalue weighted by atomic mass is 16.3. The first kappa shape index (κ1) is 10.9. The minimum Gasteiger partial charge on any atom is -0.512 e. The quantitative estimate of drug-likeness (QED) is 0.782. The fourth-order valence-electron chi connectivity index (χ4n) is 2.55. The first-order valence-electron chi connectivity index (χ1n) is 5.56. The molecule has 2 heteroatoms. The van der Waals surface area contributed by atoms with Crippen molar-refractivity contribution in [1.29, 1.82) is 0 Å². The van der Waals surface area contributed by atoms with Gasteiger partial charge in [-0.1, -0.05) is 18.2 Å². The molecule has 1 aromatic rings. The van der Waals surface area contributed by atoms with Gasteiger partial charge in [-0.25, -0.2) is 0 Å². The average molecular weight is 216 g/mol. The summed E-state index contributed by atoms with van der Waals surface area (Å²) in [5, 5.41) is 9.53. The lowest BCUT2D eigenvalue weighted by Crippen LogP contribution is -2.14. The van der Waals surface area contributed by atoms with E-state index < -0.39 is 0 Å². The van der Waals surface area contributed by atoms with Crippen molar-refractivity contribution in [2.45, 2.75) is 32.6 Å². The maximum absolute atomic E-state index is 11.4. The lowest BCUT2D eigenvalue weighted by atomic mass is 9.82. The van der Waals surface area contributed by atoms with Gasteiger partial charge in [-0.2, -0.15) is 0 Å². The van der Waals surface area contributed by atoms with Gasteiger partial charge >= 0.3 is 0 Å². The first-order valence-corrected chi connectivity index (χ1v) is 5.56. The van der Waals surface area contributed by atoms with Gasteiger partial charge in [0.2, 0.25) is 0 Å². The van der Waals surface area contributed by atoms with E-state index in [1.54, 1.807) is 0 Å². The van der Waals surface area contributed by atoms with Crippen LogP contribution in [0.2, 0.25) is 0 Å². The molecule has 1 aromatic carbocycles. The van der Waals surface area contributed by atoms with E-state index in [2.05, 4.69) is 26.0 Å². The summed E-state index contributed by atoms with van der Waals surface area (Å²) in [5.41, 5.74) is 3.62. The van der Waals surface area contributed by atoms with Gasteiger partial charge < -0.3 is 5.11 Å². The number of hydrogen-bond donors (Lipinski definition) is 1. The summed E-state index contributed by atoms with van der Waals surface area (Å²) in [5.74, 6) is 0.374. The van der Waals surface area contributed by atoms with Crippen LogP contribution in [0.4, 0.5) is 0 Å². The van der Waals surface area contributed by atoms with Crippen molar-refractivity contribution in [2.24, 2.45) is 0 Å². The van der Waals surface area contributed by atoms with Crippen LogP contribution in [-0.2, 0) is 4.79 Å². The molecule has 1 aliphatic rings. The number of ketones is 1. The van der Waals surface area contributed by atoms with Gasteiger partial charge in [0.25, 0.3) is 0 Å². The second-order valence-electron chi connectivity index (χ2n) is 4.51. The van der Waals surface area contributed by atoms with Crippen molar-refractivity contribution in [3.05, 3.63) is 46.7 Å². The van der Waals surface area contributed by atoms with Gasteiger partial charge in [0.05, 0.1) is 5.76 Å². The Morgan fingerprint density at radius 1 is 1.19 bits per heavy atom. The maximum Gasteiger partial charge on any atom is 0.159 e. The predicted molar refractivity (Wildman–Crippen MR) is 63.6 cm³/mol. The average Bonchev–Trinajstić information content (AvgIpc) is 2.15. The highest BCUT2D eigenvalue weighted by Crippen LogP contribution is 2.34. The van der Waals surface area contributed by atoms with E-state index in [0.717, 1.165) is 0 Å². The molecule has 0 saturated heterocycles. The van der Waals surface area contributed by atoms with Crippen LogP contribution in [0.3, 0.4) is 0 Å². The van der Waals surface area contributed by atoms with Crippen LogP contribution in [0, 0.1) is 13.8 Å². The Hall–Kier alpha value is -1.57. The lowest BCUT2D eigenvalue weighted by molar-refractivity contribution is -0.115. The van der Waals surface area contributed by atoms with Gasteiger partial charge in [-0.3, -0.25) is 4.79 Å². The molecule has 0 bridgehead atoms. The van der Waals surface area contributed by atoms with Gasteiger partial charge in [0.15, 0.2) is 5.78 Å². The van der Waals surface area contributed by atoms with Crippen LogP contribution in [0.5, 0.6) is 0 Å². The molecule has 1 aliphatic carbocycles. The van der Waals surface area contributed by atoms with Crippen LogP contribution < -0.4 is 0 Å². The summed E-state index contributed by atoms with van der Waals surface area (Å²) in [6, 6.07) is 6.14. The van der Waals surface area contributed by atoms with Gasteiger partial charge in [0.1, 0.15) is 0 Å². The predicted octanol–water partition coefficient (Wildman–Crippen LogP) is 3.19. The molecule has 1 atom stereocenters. The molecule has 0 spiro atoms. The molecule has 0 amide bonds. The molecule has 2 nitrogen and oxygen atoms in total. The summed E-state index contributed by atoms with van der Waals surface area (Å²) in [6.07, 6.45) is 2.44. The third-order valence-electron chi connectivity index (χ3n) is 3.18. The molecule has 2 rings (SSSR count). The van der Waals surface area contributed by atoms with Crippen molar-refractivity contribution >= 4 is 5.78 Å². The molecule has 0 fully saturated rings. The Labute approximate surface area is 95.6 Å². The molecular weight excluding hydrogens is 200 g/mol. The van der Waals surface area contributed by atoms with E-state index >= 15 is 0 Å². The zero-order chi connectivity index (χ0) is 11.7. The Bertz CT molecular complexity index is 438. The van der Waals surface area contributed by atoms with Crippen LogP contribution >= 0.6 is 0 Å². The van der Waals surface area contributed by atoms with Gasteiger partial charge in [0, 0.05) is 18.9 Å². The number of allylic oxidation sites excluding steroid dienone is 2. The minimum absolute atomic E-state index is 0.0244. The fraction of sp³-hybridized carbons (Fsp3) is 0.357. The second-order valence-corrected chi connectivity index (χ2v) is 4.51. The summed E-state index contributed by atoms with van der Waals surface area (Å²) >= 11 is 0. The summed E-state index contributed by atoms with van der Waals surface area (Å²) < 4.78 is 0. The van der Waals surface area contributed by atoms with E-state index in [-0.39, 0.29) is 17.5 Å². The van der Waals surface area contributed by atoms with E-state index in [1.807, 2.05) is 6.07 Å². The number of carbonyl (C=O) groups excluding carboxylic acids is 1. The van der Waals surface area contributed by atoms with Crippen LogP contribution in [0.25, 0.3) is 0 Å². The number of aliphatic hydroxyl groups is 1. The largest absolute Gasteiger partial charge is 0.512 e. The highest BCUT2D eigenvalue weighted by Gasteiger charge is 2.24. The monoisotopic (exact) mass is 216 g/mol. The Morgan fingerprint density at radius 2 is 1.81 bits per heavy atom. The topological polar surface area (TPSA) is 37.3 Å². The zero-order valence-electron chi connectivity index (χ0n) is 9.66. The molecular formula is C14H16O2. The summed E-state index contributed by atoms with van der Waals surface area (Å²) in [4.78, 5) is 11.4. The molecule has 0 aliphatic heterocycles. The van der Waals surface area contributed by atoms with E-state index in [0.29, 0.717) is 12.8 Å². The smallest absolute Gasteiger partial charge is 0.159 e. The standard InChI is InChI=1S/C14H16O2/c1-9-4-3-5-10(2)14(9)11-6-12(15)8-13(16)7-11/h3-5,8,11,15H,6-7H2,1-2H3. The number of rotatable bonds is 1. The normalized spacial score (nSPS) is 20.8. The number of hydrogen-bond acceptors (Lipinski definition) is 2. The summed E-state index contributed by atoms with van der Waals surface area (Å²) in [7, 11) is 0. The van der Waals surface area contributed by atoms with Crippen LogP contribution in [0.1, 0.15) is 35.4 Å². The van der Waals surface area contributed by atoms with Gasteiger partial charge in [-0.15, -0.1) is 0 Å². The summed E-state index contributed by atoms with van der Waals surface area (Å²) in [6.45, 7) is 4.12. The SMILES string of the molecule is Cc1cccc(C)c1C1CC(=O)C=C(O)C1. The molecule has 1 N–H and O–H groups in total. The van der Waals surface area contributed by atoms with E-state index in [9.17, 15) is 9.90 Å². The molecule has 16 heavy (non-hydrogen) atoms. The number of aryl methyl sites for hydroxylation is 2. The second kappa shape index (κ2) is 4.12. The van der Waals surface area contributed by atoms with E-state index in [4.69, 9.17) is 0 Å². The fourth-order valence-corrected chi connectivity index (χ4v) is 2.55. The Morgan fingerprint density at radius 3 is 2.38 bits per heavy atom. The third kappa shape index (κ3) is 2.01. The lowest BCUT2D eigenvalue weighted by Gasteiger charge is -2.23. The first-order chi connectivity index (χ1) is 7.58. The van der Waals surface area contributed by atoms with Gasteiger partial charge in [-0.05, 0) is 36.5 Å². The van der Waals surface area contributed by atoms with Crippen LogP contribution in [0.15, 0.2) is 30.0 Å². The highest BCUT2D eigenvalue weighted by molar-refractivity contribution is 5.91. The van der Waals surface area contributed by atoms with Crippen LogP contribution in [-0.4, -0.2) is 10.9 Å². The molecule has 0 heterocycles. The van der Waals surface area contributed by atoms with Crippen molar-refractivity contribution in [3.8, 4) is 0 Å². The molecule has 0 saturated carbocycles. The van der Waals surface area contributed by atoms with Crippen molar-refractivity contribution in [3.63, 3.8) is 0 Å². The number of benzene rings is 1. The molecule has 84 valence electrons. The number of aliphatic hydroxyl groups excluding tert-OH is 1. The Kier molecular flexibility index (Phi) is 2.82. The molecule has 0 aromatic heterocycles. The van der Waals surface area contributed by atoms with Crippen molar-refractivity contribution < 1.29 is 9.90 Å². The molecule has 0 radical (unpaired) electrons. The van der Waals surface area contributed by atoms with Crippen molar-refractivity contribution in [2.75, 3.05) is 0 Å². The third-order valence-corrected chi connectivity index (χ3v) is 3.18. The Balaban J connectivity index is 2.39. The van der Waals surface area contributed by atoms with Crippen molar-refractivity contribution in [1.82, 2.24) is 0 Å². The number of carbonyl (C=O) groups is 1. The zero-order valence-corrected chi connectivity index (χ0v) is 9.66. The molecule has 1 unspecified atom stereocenters. The van der Waals surface area contributed by atoms with E-state index in [1.165, 1.54) is 22.8 Å².